The molecule has 0 bridgehead atoms. The second kappa shape index (κ2) is 7.86. The van der Waals surface area contributed by atoms with E-state index in [1.54, 1.807) is 39.1 Å². The van der Waals surface area contributed by atoms with Crippen LogP contribution in [0.4, 0.5) is 5.69 Å². The molecule has 1 fully saturated rings. The lowest BCUT2D eigenvalue weighted by atomic mass is 9.96. The second-order valence-corrected chi connectivity index (χ2v) is 9.12. The smallest absolute Gasteiger partial charge is 0.259 e. The van der Waals surface area contributed by atoms with Gasteiger partial charge in [0.2, 0.25) is 10.0 Å². The maximum Gasteiger partial charge on any atom is 0.259 e. The van der Waals surface area contributed by atoms with E-state index in [0.717, 1.165) is 25.7 Å². The van der Waals surface area contributed by atoms with Crippen LogP contribution in [0.15, 0.2) is 39.6 Å². The highest BCUT2D eigenvalue weighted by atomic mass is 32.2. The molecular weight excluding hydrogens is 364 g/mol. The molecule has 0 spiro atoms. The van der Waals surface area contributed by atoms with E-state index in [1.165, 1.54) is 22.9 Å². The van der Waals surface area contributed by atoms with E-state index in [9.17, 15) is 13.2 Å². The Morgan fingerprint density at radius 1 is 1.11 bits per heavy atom. The molecule has 1 aliphatic carbocycles. The van der Waals surface area contributed by atoms with Gasteiger partial charge >= 0.3 is 0 Å². The van der Waals surface area contributed by atoms with Crippen molar-refractivity contribution in [2.45, 2.75) is 56.9 Å². The summed E-state index contributed by atoms with van der Waals surface area (Å²) in [6, 6.07) is 8.05. The summed E-state index contributed by atoms with van der Waals surface area (Å²) in [7, 11) is -1.88. The van der Waals surface area contributed by atoms with Crippen molar-refractivity contribution in [3.05, 3.63) is 47.4 Å². The lowest BCUT2D eigenvalue weighted by Gasteiger charge is -2.30. The number of nitrogens with one attached hydrogen (secondary N) is 1. The highest BCUT2D eigenvalue weighted by Crippen LogP contribution is 2.27. The van der Waals surface area contributed by atoms with E-state index in [0.29, 0.717) is 22.8 Å². The van der Waals surface area contributed by atoms with Crippen molar-refractivity contribution in [2.24, 2.45) is 0 Å². The molecule has 1 aromatic carbocycles. The Bertz CT molecular complexity index is 910. The number of carbonyl (C=O) groups is 1. The van der Waals surface area contributed by atoms with E-state index in [1.807, 2.05) is 0 Å². The Kier molecular flexibility index (Phi) is 5.72. The Morgan fingerprint density at radius 2 is 1.74 bits per heavy atom. The third kappa shape index (κ3) is 4.25. The monoisotopic (exact) mass is 390 g/mol. The van der Waals surface area contributed by atoms with Gasteiger partial charge in [-0.25, -0.2) is 8.42 Å². The number of furan rings is 1. The number of rotatable bonds is 5. The van der Waals surface area contributed by atoms with E-state index < -0.39 is 10.0 Å². The van der Waals surface area contributed by atoms with Gasteiger partial charge < -0.3 is 9.73 Å². The fourth-order valence-corrected chi connectivity index (χ4v) is 4.99. The number of nitrogens with zero attached hydrogens (tertiary/aromatic N) is 1. The van der Waals surface area contributed by atoms with Crippen LogP contribution in [0.25, 0.3) is 0 Å². The van der Waals surface area contributed by atoms with Crippen molar-refractivity contribution >= 4 is 21.6 Å². The van der Waals surface area contributed by atoms with Gasteiger partial charge in [0.1, 0.15) is 11.5 Å². The number of sulfonamides is 1. The maximum atomic E-state index is 12.9. The minimum absolute atomic E-state index is 0.0652. The average Bonchev–Trinajstić information content (AvgIpc) is 3.00. The van der Waals surface area contributed by atoms with Crippen molar-refractivity contribution in [1.29, 1.82) is 0 Å². The van der Waals surface area contributed by atoms with Gasteiger partial charge in [0.25, 0.3) is 5.91 Å². The Labute approximate surface area is 160 Å². The molecule has 0 atom stereocenters. The molecular formula is C20H26N2O4S. The molecule has 1 aliphatic rings. The number of anilines is 1. The van der Waals surface area contributed by atoms with Gasteiger partial charge in [-0.15, -0.1) is 0 Å². The van der Waals surface area contributed by atoms with Gasteiger partial charge in [-0.1, -0.05) is 19.3 Å². The first kappa shape index (κ1) is 19.6. The molecule has 7 heteroatoms. The van der Waals surface area contributed by atoms with Crippen LogP contribution in [-0.2, 0) is 10.0 Å². The molecule has 1 aromatic heterocycles. The van der Waals surface area contributed by atoms with E-state index in [2.05, 4.69) is 5.32 Å². The predicted molar refractivity (Wildman–Crippen MR) is 104 cm³/mol. The van der Waals surface area contributed by atoms with E-state index >= 15 is 0 Å². The lowest BCUT2D eigenvalue weighted by Crippen LogP contribution is -2.38. The number of benzene rings is 1. The summed E-state index contributed by atoms with van der Waals surface area (Å²) in [5.41, 5.74) is 1.01. The molecule has 1 N–H and O–H groups in total. The van der Waals surface area contributed by atoms with Gasteiger partial charge in [-0.3, -0.25) is 4.79 Å². The van der Waals surface area contributed by atoms with Crippen LogP contribution < -0.4 is 5.32 Å². The van der Waals surface area contributed by atoms with Crippen molar-refractivity contribution in [3.8, 4) is 0 Å². The Morgan fingerprint density at radius 3 is 2.30 bits per heavy atom. The number of aryl methyl sites for hydroxylation is 2. The minimum Gasteiger partial charge on any atom is -0.466 e. The number of hydrogen-bond acceptors (Lipinski definition) is 4. The van der Waals surface area contributed by atoms with Gasteiger partial charge in [-0.05, 0) is 57.0 Å². The van der Waals surface area contributed by atoms with Crippen LogP contribution in [-0.4, -0.2) is 31.7 Å². The van der Waals surface area contributed by atoms with Crippen LogP contribution in [0.5, 0.6) is 0 Å². The van der Waals surface area contributed by atoms with Crippen molar-refractivity contribution in [3.63, 3.8) is 0 Å². The van der Waals surface area contributed by atoms with Crippen molar-refractivity contribution in [1.82, 2.24) is 4.31 Å². The summed E-state index contributed by atoms with van der Waals surface area (Å²) in [5, 5.41) is 2.78. The second-order valence-electron chi connectivity index (χ2n) is 7.12. The zero-order valence-electron chi connectivity index (χ0n) is 16.0. The first-order valence-electron chi connectivity index (χ1n) is 9.25. The zero-order valence-corrected chi connectivity index (χ0v) is 16.8. The third-order valence-corrected chi connectivity index (χ3v) is 7.09. The summed E-state index contributed by atoms with van der Waals surface area (Å²) in [5.74, 6) is 0.947. The fourth-order valence-electron chi connectivity index (χ4n) is 3.57. The Balaban J connectivity index is 1.72. The number of hydrogen-bond donors (Lipinski definition) is 1. The van der Waals surface area contributed by atoms with Crippen LogP contribution in [0.1, 0.15) is 54.0 Å². The molecule has 0 radical (unpaired) electrons. The fraction of sp³-hybridized carbons (Fsp3) is 0.450. The molecule has 1 saturated carbocycles. The van der Waals surface area contributed by atoms with Gasteiger partial charge in [0.15, 0.2) is 0 Å². The molecule has 2 aromatic rings. The molecule has 3 rings (SSSR count). The van der Waals surface area contributed by atoms with Crippen LogP contribution in [0.3, 0.4) is 0 Å². The topological polar surface area (TPSA) is 79.6 Å². The van der Waals surface area contributed by atoms with Gasteiger partial charge in [0, 0.05) is 18.8 Å². The zero-order chi connectivity index (χ0) is 19.6. The minimum atomic E-state index is -3.53. The van der Waals surface area contributed by atoms with Crippen molar-refractivity contribution < 1.29 is 17.6 Å². The third-order valence-electron chi connectivity index (χ3n) is 5.16. The summed E-state index contributed by atoms with van der Waals surface area (Å²) in [6.45, 7) is 3.52. The first-order valence-corrected chi connectivity index (χ1v) is 10.7. The summed E-state index contributed by atoms with van der Waals surface area (Å²) in [4.78, 5) is 12.6. The van der Waals surface area contributed by atoms with E-state index in [-0.39, 0.29) is 16.8 Å². The molecule has 0 unspecified atom stereocenters. The van der Waals surface area contributed by atoms with Gasteiger partial charge in [0.05, 0.1) is 10.5 Å². The quantitative estimate of drug-likeness (QED) is 0.833. The predicted octanol–water partition coefficient (Wildman–Crippen LogP) is 4.10. The summed E-state index contributed by atoms with van der Waals surface area (Å²) in [6.07, 6.45) is 5.14. The molecule has 0 saturated heterocycles. The Hall–Kier alpha value is -2.12. The lowest BCUT2D eigenvalue weighted by molar-refractivity contribution is 0.102. The highest BCUT2D eigenvalue weighted by Gasteiger charge is 2.29. The summed E-state index contributed by atoms with van der Waals surface area (Å²) < 4.78 is 32.6. The van der Waals surface area contributed by atoms with E-state index in [4.69, 9.17) is 4.42 Å². The highest BCUT2D eigenvalue weighted by molar-refractivity contribution is 7.89. The van der Waals surface area contributed by atoms with Crippen LogP contribution >= 0.6 is 0 Å². The molecule has 6 nitrogen and oxygen atoms in total. The maximum absolute atomic E-state index is 12.9. The number of carbonyl (C=O) groups excluding carboxylic acids is 1. The molecule has 1 heterocycles. The standard InChI is InChI=1S/C20H26N2O4S/c1-14-13-19(15(2)26-14)20(23)21-16-9-11-18(12-10-16)27(24,25)22(3)17-7-5-4-6-8-17/h9-13,17H,4-8H2,1-3H3,(H,21,23). The SMILES string of the molecule is Cc1cc(C(=O)Nc2ccc(S(=O)(=O)N(C)C3CCCCC3)cc2)c(C)o1. The molecule has 0 aliphatic heterocycles. The normalized spacial score (nSPS) is 15.9. The molecule has 146 valence electrons. The van der Waals surface area contributed by atoms with Crippen LogP contribution in [0.2, 0.25) is 0 Å². The van der Waals surface area contributed by atoms with Crippen LogP contribution in [0, 0.1) is 13.8 Å². The van der Waals surface area contributed by atoms with Gasteiger partial charge in [-0.2, -0.15) is 4.31 Å². The first-order chi connectivity index (χ1) is 12.8. The van der Waals surface area contributed by atoms with Crippen molar-refractivity contribution in [2.75, 3.05) is 12.4 Å². The molecule has 27 heavy (non-hydrogen) atoms. The largest absolute Gasteiger partial charge is 0.466 e. The molecule has 1 amide bonds. The number of amides is 1. The average molecular weight is 391 g/mol. The summed E-state index contributed by atoms with van der Waals surface area (Å²) >= 11 is 0.